The highest BCUT2D eigenvalue weighted by Gasteiger charge is 2.10. The number of benzene rings is 1. The fourth-order valence-electron chi connectivity index (χ4n) is 3.31. The van der Waals surface area contributed by atoms with E-state index in [0.717, 1.165) is 24.7 Å². The molecule has 2 N–H and O–H groups in total. The number of hydrogen-bond donors (Lipinski definition) is 2. The first-order valence-electron chi connectivity index (χ1n) is 10.1. The molecule has 3 rings (SSSR count). The monoisotopic (exact) mass is 365 g/mol. The van der Waals surface area contributed by atoms with E-state index < -0.39 is 0 Å². The lowest BCUT2D eigenvalue weighted by Gasteiger charge is -2.26. The average Bonchev–Trinajstić information content (AvgIpc) is 2.73. The number of likely N-dealkylation sites (tertiary alicyclic amines) is 1. The van der Waals surface area contributed by atoms with E-state index in [4.69, 9.17) is 4.99 Å². The van der Waals surface area contributed by atoms with Crippen molar-refractivity contribution in [1.29, 1.82) is 0 Å². The molecule has 5 heteroatoms. The minimum Gasteiger partial charge on any atom is -0.357 e. The summed E-state index contributed by atoms with van der Waals surface area (Å²) >= 11 is 0. The van der Waals surface area contributed by atoms with Crippen LogP contribution >= 0.6 is 0 Å². The quantitative estimate of drug-likeness (QED) is 0.584. The van der Waals surface area contributed by atoms with Crippen molar-refractivity contribution in [3.05, 3.63) is 65.5 Å². The van der Waals surface area contributed by atoms with Crippen LogP contribution in [-0.4, -0.2) is 35.5 Å². The SMILES string of the molecule is CCNC(=NCc1ccc(CN2CCCCC2)cc1)NCc1ccccn1. The smallest absolute Gasteiger partial charge is 0.191 e. The highest BCUT2D eigenvalue weighted by Crippen LogP contribution is 2.14. The second kappa shape index (κ2) is 10.7. The Bertz CT molecular complexity index is 690. The summed E-state index contributed by atoms with van der Waals surface area (Å²) in [7, 11) is 0. The molecule has 0 amide bonds. The third kappa shape index (κ3) is 6.68. The third-order valence-corrected chi connectivity index (χ3v) is 4.80. The van der Waals surface area contributed by atoms with Gasteiger partial charge in [0.15, 0.2) is 5.96 Å². The van der Waals surface area contributed by atoms with Crippen molar-refractivity contribution in [3.63, 3.8) is 0 Å². The first-order chi connectivity index (χ1) is 13.3. The van der Waals surface area contributed by atoms with E-state index in [-0.39, 0.29) is 0 Å². The van der Waals surface area contributed by atoms with Crippen LogP contribution in [0.1, 0.15) is 43.0 Å². The van der Waals surface area contributed by atoms with Gasteiger partial charge in [0, 0.05) is 19.3 Å². The van der Waals surface area contributed by atoms with Gasteiger partial charge in [-0.3, -0.25) is 9.88 Å². The van der Waals surface area contributed by atoms with Gasteiger partial charge in [-0.05, 0) is 56.1 Å². The van der Waals surface area contributed by atoms with Crippen LogP contribution in [0.4, 0.5) is 0 Å². The van der Waals surface area contributed by atoms with Crippen molar-refractivity contribution >= 4 is 5.96 Å². The molecule has 5 nitrogen and oxygen atoms in total. The highest BCUT2D eigenvalue weighted by molar-refractivity contribution is 5.79. The Balaban J connectivity index is 1.52. The van der Waals surface area contributed by atoms with Crippen LogP contribution in [0.25, 0.3) is 0 Å². The number of piperidine rings is 1. The maximum Gasteiger partial charge on any atom is 0.191 e. The molecule has 1 fully saturated rings. The van der Waals surface area contributed by atoms with Gasteiger partial charge in [0.1, 0.15) is 0 Å². The molecule has 2 aromatic rings. The number of aromatic nitrogens is 1. The Kier molecular flexibility index (Phi) is 7.66. The lowest BCUT2D eigenvalue weighted by Crippen LogP contribution is -2.37. The van der Waals surface area contributed by atoms with Crippen molar-refractivity contribution in [2.45, 2.75) is 45.8 Å². The van der Waals surface area contributed by atoms with Crippen LogP contribution in [0.15, 0.2) is 53.7 Å². The van der Waals surface area contributed by atoms with Crippen LogP contribution in [0.3, 0.4) is 0 Å². The minimum absolute atomic E-state index is 0.668. The molecule has 1 aromatic heterocycles. The number of nitrogens with one attached hydrogen (secondary N) is 2. The number of pyridine rings is 1. The van der Waals surface area contributed by atoms with E-state index in [0.29, 0.717) is 13.1 Å². The van der Waals surface area contributed by atoms with Gasteiger partial charge in [-0.25, -0.2) is 4.99 Å². The number of aliphatic imine (C=N–C) groups is 1. The maximum absolute atomic E-state index is 4.70. The lowest BCUT2D eigenvalue weighted by molar-refractivity contribution is 0.221. The van der Waals surface area contributed by atoms with Crippen molar-refractivity contribution < 1.29 is 0 Å². The van der Waals surface area contributed by atoms with Crippen LogP contribution in [-0.2, 0) is 19.6 Å². The molecule has 2 heterocycles. The van der Waals surface area contributed by atoms with E-state index in [2.05, 4.69) is 51.7 Å². The van der Waals surface area contributed by atoms with Gasteiger partial charge < -0.3 is 10.6 Å². The molecule has 0 spiro atoms. The first-order valence-corrected chi connectivity index (χ1v) is 10.1. The van der Waals surface area contributed by atoms with E-state index in [1.54, 1.807) is 0 Å². The molecule has 0 radical (unpaired) electrons. The molecule has 1 aliphatic heterocycles. The summed E-state index contributed by atoms with van der Waals surface area (Å²) < 4.78 is 0. The van der Waals surface area contributed by atoms with Gasteiger partial charge >= 0.3 is 0 Å². The molecule has 0 aliphatic carbocycles. The highest BCUT2D eigenvalue weighted by atomic mass is 15.2. The zero-order valence-electron chi connectivity index (χ0n) is 16.3. The topological polar surface area (TPSA) is 52.6 Å². The summed E-state index contributed by atoms with van der Waals surface area (Å²) in [6.45, 7) is 7.79. The lowest BCUT2D eigenvalue weighted by atomic mass is 10.1. The maximum atomic E-state index is 4.70. The van der Waals surface area contributed by atoms with E-state index >= 15 is 0 Å². The van der Waals surface area contributed by atoms with Crippen molar-refractivity contribution in [1.82, 2.24) is 20.5 Å². The molecule has 144 valence electrons. The zero-order chi connectivity index (χ0) is 18.7. The number of guanidine groups is 1. The standard InChI is InChI=1S/C22H31N5/c1-2-23-22(26-17-21-8-4-5-13-24-21)25-16-19-9-11-20(12-10-19)18-27-14-6-3-7-15-27/h4-5,8-13H,2-3,6-7,14-18H2,1H3,(H2,23,25,26). The predicted octanol–water partition coefficient (Wildman–Crippen LogP) is 3.32. The molecule has 0 atom stereocenters. The molecule has 0 bridgehead atoms. The fourth-order valence-corrected chi connectivity index (χ4v) is 3.31. The van der Waals surface area contributed by atoms with Crippen LogP contribution in [0, 0.1) is 0 Å². The van der Waals surface area contributed by atoms with E-state index in [9.17, 15) is 0 Å². The molecule has 1 aromatic carbocycles. The van der Waals surface area contributed by atoms with Gasteiger partial charge in [0.05, 0.1) is 18.8 Å². The summed E-state index contributed by atoms with van der Waals surface area (Å²) in [5, 5.41) is 6.64. The van der Waals surface area contributed by atoms with Crippen LogP contribution in [0.5, 0.6) is 0 Å². The summed E-state index contributed by atoms with van der Waals surface area (Å²) in [5.41, 5.74) is 3.63. The molecule has 1 saturated heterocycles. The second-order valence-corrected chi connectivity index (χ2v) is 7.02. The Morgan fingerprint density at radius 2 is 1.78 bits per heavy atom. The largest absolute Gasteiger partial charge is 0.357 e. The summed E-state index contributed by atoms with van der Waals surface area (Å²) in [4.78, 5) is 11.6. The fraction of sp³-hybridized carbons (Fsp3) is 0.455. The normalized spacial score (nSPS) is 15.5. The molecule has 27 heavy (non-hydrogen) atoms. The summed E-state index contributed by atoms with van der Waals surface area (Å²) in [6.07, 6.45) is 5.87. The van der Waals surface area contributed by atoms with Gasteiger partial charge in [0.25, 0.3) is 0 Å². The Morgan fingerprint density at radius 3 is 2.48 bits per heavy atom. The summed E-state index contributed by atoms with van der Waals surface area (Å²) in [5.74, 6) is 0.820. The third-order valence-electron chi connectivity index (χ3n) is 4.80. The Hall–Kier alpha value is -2.40. The van der Waals surface area contributed by atoms with Gasteiger partial charge in [0.2, 0.25) is 0 Å². The van der Waals surface area contributed by atoms with Crippen LogP contribution in [0.2, 0.25) is 0 Å². The second-order valence-electron chi connectivity index (χ2n) is 7.02. The number of nitrogens with zero attached hydrogens (tertiary/aromatic N) is 3. The molecule has 0 saturated carbocycles. The summed E-state index contributed by atoms with van der Waals surface area (Å²) in [6, 6.07) is 14.8. The molecular formula is C22H31N5. The van der Waals surface area contributed by atoms with E-state index in [1.807, 2.05) is 24.4 Å². The van der Waals surface area contributed by atoms with Crippen molar-refractivity contribution in [3.8, 4) is 0 Å². The first kappa shape index (κ1) is 19.4. The van der Waals surface area contributed by atoms with Gasteiger partial charge in [-0.1, -0.05) is 36.8 Å². The minimum atomic E-state index is 0.668. The predicted molar refractivity (Wildman–Crippen MR) is 111 cm³/mol. The Morgan fingerprint density at radius 1 is 1.00 bits per heavy atom. The van der Waals surface area contributed by atoms with Gasteiger partial charge in [-0.2, -0.15) is 0 Å². The van der Waals surface area contributed by atoms with Gasteiger partial charge in [-0.15, -0.1) is 0 Å². The van der Waals surface area contributed by atoms with Crippen molar-refractivity contribution in [2.24, 2.45) is 4.99 Å². The van der Waals surface area contributed by atoms with Crippen LogP contribution < -0.4 is 10.6 Å². The van der Waals surface area contributed by atoms with Crippen molar-refractivity contribution in [2.75, 3.05) is 19.6 Å². The molecular weight excluding hydrogens is 334 g/mol. The number of rotatable bonds is 7. The molecule has 1 aliphatic rings. The zero-order valence-corrected chi connectivity index (χ0v) is 16.3. The van der Waals surface area contributed by atoms with E-state index in [1.165, 1.54) is 43.5 Å². The number of hydrogen-bond acceptors (Lipinski definition) is 3. The Labute approximate surface area is 162 Å². The average molecular weight is 366 g/mol. The molecule has 0 unspecified atom stereocenters.